The van der Waals surface area contributed by atoms with Gasteiger partial charge in [-0.25, -0.2) is 4.79 Å². The summed E-state index contributed by atoms with van der Waals surface area (Å²) in [5.74, 6) is 4.16. The van der Waals surface area contributed by atoms with Crippen molar-refractivity contribution in [1.29, 1.82) is 0 Å². The molecular weight excluding hydrogens is 284 g/mol. The Bertz CT molecular complexity index is 338. The molecule has 2 saturated heterocycles. The van der Waals surface area contributed by atoms with E-state index in [4.69, 9.17) is 4.74 Å². The predicted octanol–water partition coefficient (Wildman–Crippen LogP) is 2.98. The van der Waals surface area contributed by atoms with Crippen LogP contribution >= 0.6 is 11.8 Å². The van der Waals surface area contributed by atoms with Crippen LogP contribution in [0.3, 0.4) is 0 Å². The molecule has 5 heteroatoms. The van der Waals surface area contributed by atoms with Gasteiger partial charge in [0.2, 0.25) is 0 Å². The van der Waals surface area contributed by atoms with Crippen LogP contribution in [0.4, 0.5) is 4.79 Å². The number of amides is 1. The minimum absolute atomic E-state index is 0.152. The number of ether oxygens (including phenoxy) is 1. The van der Waals surface area contributed by atoms with E-state index in [1.165, 1.54) is 24.3 Å². The number of likely N-dealkylation sites (tertiary alicyclic amines) is 1. The summed E-state index contributed by atoms with van der Waals surface area (Å²) >= 11 is 2.08. The number of hydrogen-bond donors (Lipinski definition) is 1. The Morgan fingerprint density at radius 2 is 2.14 bits per heavy atom. The zero-order chi connectivity index (χ0) is 15.3. The Hall–Kier alpha value is -0.420. The van der Waals surface area contributed by atoms with Gasteiger partial charge >= 0.3 is 6.09 Å². The maximum absolute atomic E-state index is 12.0. The Morgan fingerprint density at radius 1 is 1.33 bits per heavy atom. The van der Waals surface area contributed by atoms with Crippen molar-refractivity contribution in [1.82, 2.24) is 10.2 Å². The first-order valence-electron chi connectivity index (χ1n) is 8.20. The smallest absolute Gasteiger partial charge is 0.410 e. The molecule has 0 aromatic carbocycles. The van der Waals surface area contributed by atoms with E-state index in [0.29, 0.717) is 5.92 Å². The second-order valence-corrected chi connectivity index (χ2v) is 8.45. The lowest BCUT2D eigenvalue weighted by atomic mass is 10.0. The molecule has 0 aromatic heterocycles. The van der Waals surface area contributed by atoms with E-state index in [-0.39, 0.29) is 6.09 Å². The van der Waals surface area contributed by atoms with Crippen molar-refractivity contribution in [2.24, 2.45) is 11.8 Å². The van der Waals surface area contributed by atoms with Gasteiger partial charge in [0, 0.05) is 13.1 Å². The van der Waals surface area contributed by atoms with Crippen LogP contribution in [0.25, 0.3) is 0 Å². The highest BCUT2D eigenvalue weighted by Crippen LogP contribution is 2.23. The van der Waals surface area contributed by atoms with Gasteiger partial charge in [-0.2, -0.15) is 11.8 Å². The van der Waals surface area contributed by atoms with E-state index in [2.05, 4.69) is 17.1 Å². The van der Waals surface area contributed by atoms with Gasteiger partial charge < -0.3 is 15.0 Å². The highest BCUT2D eigenvalue weighted by molar-refractivity contribution is 7.99. The molecule has 21 heavy (non-hydrogen) atoms. The number of nitrogens with zero attached hydrogens (tertiary/aromatic N) is 1. The molecule has 4 nitrogen and oxygen atoms in total. The molecule has 2 aliphatic rings. The van der Waals surface area contributed by atoms with Gasteiger partial charge in [-0.05, 0) is 76.5 Å². The molecule has 0 aromatic rings. The monoisotopic (exact) mass is 314 g/mol. The maximum Gasteiger partial charge on any atom is 0.410 e. The quantitative estimate of drug-likeness (QED) is 0.792. The fraction of sp³-hybridized carbons (Fsp3) is 0.938. The Balaban J connectivity index is 1.58. The minimum atomic E-state index is -0.393. The number of nitrogens with one attached hydrogen (secondary N) is 1. The lowest BCUT2D eigenvalue weighted by Crippen LogP contribution is -2.35. The molecule has 2 heterocycles. The molecule has 0 radical (unpaired) electrons. The number of carbonyl (C=O) groups is 1. The van der Waals surface area contributed by atoms with Crippen LogP contribution in [0.5, 0.6) is 0 Å². The molecule has 0 bridgehead atoms. The van der Waals surface area contributed by atoms with E-state index in [1.807, 2.05) is 25.7 Å². The zero-order valence-corrected chi connectivity index (χ0v) is 14.5. The van der Waals surface area contributed by atoms with Crippen LogP contribution in [-0.4, -0.2) is 54.3 Å². The summed E-state index contributed by atoms with van der Waals surface area (Å²) in [6.07, 6.45) is 3.49. The van der Waals surface area contributed by atoms with E-state index in [1.54, 1.807) is 0 Å². The normalized spacial score (nSPS) is 26.3. The first-order valence-corrected chi connectivity index (χ1v) is 9.36. The van der Waals surface area contributed by atoms with Crippen molar-refractivity contribution in [2.75, 3.05) is 37.7 Å². The van der Waals surface area contributed by atoms with Gasteiger partial charge in [0.05, 0.1) is 0 Å². The fourth-order valence-corrected chi connectivity index (χ4v) is 4.20. The SMILES string of the molecule is CC(C)(C)OC(=O)N1CCC(CCNCC2CCSC2)C1. The van der Waals surface area contributed by atoms with Gasteiger partial charge in [-0.1, -0.05) is 0 Å². The summed E-state index contributed by atoms with van der Waals surface area (Å²) in [5.41, 5.74) is -0.393. The number of thioether (sulfide) groups is 1. The molecule has 1 amide bonds. The second-order valence-electron chi connectivity index (χ2n) is 7.30. The molecule has 122 valence electrons. The third-order valence-electron chi connectivity index (χ3n) is 4.12. The number of rotatable bonds is 5. The predicted molar refractivity (Wildman–Crippen MR) is 88.8 cm³/mol. The summed E-state index contributed by atoms with van der Waals surface area (Å²) in [6, 6.07) is 0. The summed E-state index contributed by atoms with van der Waals surface area (Å²) in [5, 5.41) is 3.59. The molecular formula is C16H30N2O2S. The molecule has 0 saturated carbocycles. The Labute approximate surface area is 133 Å². The Morgan fingerprint density at radius 3 is 2.81 bits per heavy atom. The van der Waals surface area contributed by atoms with E-state index < -0.39 is 5.60 Å². The van der Waals surface area contributed by atoms with Crippen molar-refractivity contribution in [3.63, 3.8) is 0 Å². The van der Waals surface area contributed by atoms with Crippen LogP contribution < -0.4 is 5.32 Å². The summed E-state index contributed by atoms with van der Waals surface area (Å²) < 4.78 is 5.43. The summed E-state index contributed by atoms with van der Waals surface area (Å²) in [4.78, 5) is 13.9. The van der Waals surface area contributed by atoms with Gasteiger partial charge in [0.1, 0.15) is 5.60 Å². The van der Waals surface area contributed by atoms with Crippen molar-refractivity contribution >= 4 is 17.9 Å². The van der Waals surface area contributed by atoms with Crippen molar-refractivity contribution in [3.05, 3.63) is 0 Å². The fourth-order valence-electron chi connectivity index (χ4n) is 2.92. The van der Waals surface area contributed by atoms with Crippen LogP contribution in [0, 0.1) is 11.8 Å². The molecule has 2 fully saturated rings. The molecule has 1 N–H and O–H groups in total. The topological polar surface area (TPSA) is 41.6 Å². The third kappa shape index (κ3) is 6.07. The van der Waals surface area contributed by atoms with Crippen LogP contribution in [-0.2, 0) is 4.74 Å². The van der Waals surface area contributed by atoms with E-state index in [9.17, 15) is 4.79 Å². The van der Waals surface area contributed by atoms with Crippen LogP contribution in [0.2, 0.25) is 0 Å². The largest absolute Gasteiger partial charge is 0.444 e. The first-order chi connectivity index (χ1) is 9.94. The van der Waals surface area contributed by atoms with Gasteiger partial charge in [-0.15, -0.1) is 0 Å². The average molecular weight is 314 g/mol. The average Bonchev–Trinajstić information content (AvgIpc) is 3.04. The first kappa shape index (κ1) is 16.9. The van der Waals surface area contributed by atoms with Gasteiger partial charge in [-0.3, -0.25) is 0 Å². The van der Waals surface area contributed by atoms with Gasteiger partial charge in [0.15, 0.2) is 0 Å². The number of hydrogen-bond acceptors (Lipinski definition) is 4. The summed E-state index contributed by atoms with van der Waals surface area (Å²) in [6.45, 7) is 9.70. The van der Waals surface area contributed by atoms with Crippen molar-refractivity contribution < 1.29 is 9.53 Å². The molecule has 2 unspecified atom stereocenters. The molecule has 2 rings (SSSR count). The third-order valence-corrected chi connectivity index (χ3v) is 5.36. The van der Waals surface area contributed by atoms with Gasteiger partial charge in [0.25, 0.3) is 0 Å². The highest BCUT2D eigenvalue weighted by atomic mass is 32.2. The van der Waals surface area contributed by atoms with E-state index in [0.717, 1.165) is 38.5 Å². The van der Waals surface area contributed by atoms with Crippen molar-refractivity contribution in [2.45, 2.75) is 45.6 Å². The summed E-state index contributed by atoms with van der Waals surface area (Å²) in [7, 11) is 0. The molecule has 0 spiro atoms. The lowest BCUT2D eigenvalue weighted by Gasteiger charge is -2.24. The highest BCUT2D eigenvalue weighted by Gasteiger charge is 2.29. The zero-order valence-electron chi connectivity index (χ0n) is 13.7. The standard InChI is InChI=1S/C16H30N2O2S/c1-16(2,3)20-15(19)18-8-5-13(11-18)4-7-17-10-14-6-9-21-12-14/h13-14,17H,4-12H2,1-3H3. The molecule has 0 aliphatic carbocycles. The van der Waals surface area contributed by atoms with Crippen LogP contribution in [0.15, 0.2) is 0 Å². The number of carbonyl (C=O) groups excluding carboxylic acids is 1. The molecule has 2 aliphatic heterocycles. The minimum Gasteiger partial charge on any atom is -0.444 e. The Kier molecular flexibility index (Phi) is 6.23. The molecule has 2 atom stereocenters. The second kappa shape index (κ2) is 7.73. The lowest BCUT2D eigenvalue weighted by molar-refractivity contribution is 0.0287. The van der Waals surface area contributed by atoms with E-state index >= 15 is 0 Å². The maximum atomic E-state index is 12.0. The van der Waals surface area contributed by atoms with Crippen LogP contribution in [0.1, 0.15) is 40.0 Å². The van der Waals surface area contributed by atoms with Crippen molar-refractivity contribution in [3.8, 4) is 0 Å².